The lowest BCUT2D eigenvalue weighted by atomic mass is 10.1. The summed E-state index contributed by atoms with van der Waals surface area (Å²) in [5, 5.41) is 11.0. The van der Waals surface area contributed by atoms with Gasteiger partial charge in [-0.2, -0.15) is 10.1 Å². The number of hydrogen-bond donors (Lipinski definition) is 2. The second-order valence-corrected chi connectivity index (χ2v) is 4.43. The molecule has 0 atom stereocenters. The van der Waals surface area contributed by atoms with E-state index in [1.807, 2.05) is 13.0 Å². The summed E-state index contributed by atoms with van der Waals surface area (Å²) in [5.41, 5.74) is 3.94. The topological polar surface area (TPSA) is 66.5 Å². The number of H-pyrrole nitrogens is 1. The van der Waals surface area contributed by atoms with Gasteiger partial charge in [-0.05, 0) is 19.9 Å². The number of fused-ring (bicyclic) bond motifs is 1. The molecule has 0 bridgehead atoms. The third-order valence-corrected chi connectivity index (χ3v) is 2.94. The predicted octanol–water partition coefficient (Wildman–Crippen LogP) is 2.76. The second kappa shape index (κ2) is 4.68. The molecular weight excluding hydrogens is 238 g/mol. The number of hydrogen-bond acceptors (Lipinski definition) is 4. The maximum Gasteiger partial charge on any atom is 0.225 e. The molecule has 5 nitrogen and oxygen atoms in total. The number of aromatic amines is 1. The third-order valence-electron chi connectivity index (χ3n) is 2.94. The van der Waals surface area contributed by atoms with E-state index in [4.69, 9.17) is 0 Å². The van der Waals surface area contributed by atoms with Crippen molar-refractivity contribution in [3.8, 4) is 11.3 Å². The van der Waals surface area contributed by atoms with Crippen molar-refractivity contribution < 1.29 is 0 Å². The average molecular weight is 253 g/mol. The number of anilines is 1. The summed E-state index contributed by atoms with van der Waals surface area (Å²) >= 11 is 0. The predicted molar refractivity (Wildman–Crippen MR) is 76.0 cm³/mol. The van der Waals surface area contributed by atoms with Crippen molar-refractivity contribution in [3.05, 3.63) is 36.0 Å². The Hall–Kier alpha value is -2.43. The molecular formula is C14H15N5. The van der Waals surface area contributed by atoms with Gasteiger partial charge in [-0.15, -0.1) is 0 Å². The first kappa shape index (κ1) is 11.6. The molecule has 0 saturated carbocycles. The van der Waals surface area contributed by atoms with Gasteiger partial charge in [0.1, 0.15) is 0 Å². The molecule has 2 aromatic heterocycles. The summed E-state index contributed by atoms with van der Waals surface area (Å²) in [6, 6.07) is 8.27. The van der Waals surface area contributed by atoms with Crippen molar-refractivity contribution >= 4 is 17.0 Å². The van der Waals surface area contributed by atoms with Gasteiger partial charge in [-0.25, -0.2) is 4.98 Å². The normalized spacial score (nSPS) is 10.8. The summed E-state index contributed by atoms with van der Waals surface area (Å²) in [6.07, 6.45) is 1.77. The van der Waals surface area contributed by atoms with Gasteiger partial charge in [-0.3, -0.25) is 5.10 Å². The van der Waals surface area contributed by atoms with Crippen LogP contribution in [0.2, 0.25) is 0 Å². The van der Waals surface area contributed by atoms with Crippen LogP contribution in [0.25, 0.3) is 22.3 Å². The van der Waals surface area contributed by atoms with E-state index in [9.17, 15) is 0 Å². The van der Waals surface area contributed by atoms with Crippen molar-refractivity contribution in [1.29, 1.82) is 0 Å². The smallest absolute Gasteiger partial charge is 0.225 e. The minimum absolute atomic E-state index is 0.621. The average Bonchev–Trinajstić information content (AvgIpc) is 2.86. The minimum atomic E-state index is 0.621. The molecule has 0 fully saturated rings. The standard InChI is InChI=1S/C14H15N5/c1-3-15-14-17-12(10-6-4-5-9(2)7-10)11-8-16-19-13(11)18-14/h4-8H,3H2,1-2H3,(H2,15,16,17,18,19). The number of benzene rings is 1. The van der Waals surface area contributed by atoms with Crippen molar-refractivity contribution in [2.45, 2.75) is 13.8 Å². The zero-order chi connectivity index (χ0) is 13.2. The van der Waals surface area contributed by atoms with E-state index in [1.54, 1.807) is 6.20 Å². The first-order chi connectivity index (χ1) is 9.28. The molecule has 1 aromatic carbocycles. The fourth-order valence-corrected chi connectivity index (χ4v) is 2.08. The van der Waals surface area contributed by atoms with Crippen LogP contribution in [0.15, 0.2) is 30.5 Å². The first-order valence-electron chi connectivity index (χ1n) is 6.30. The molecule has 0 aliphatic rings. The molecule has 0 spiro atoms. The largest absolute Gasteiger partial charge is 0.354 e. The van der Waals surface area contributed by atoms with E-state index in [0.717, 1.165) is 28.8 Å². The summed E-state index contributed by atoms with van der Waals surface area (Å²) in [4.78, 5) is 8.99. The second-order valence-electron chi connectivity index (χ2n) is 4.43. The van der Waals surface area contributed by atoms with E-state index in [1.165, 1.54) is 5.56 Å². The molecule has 3 rings (SSSR count). The Labute approximate surface area is 111 Å². The van der Waals surface area contributed by atoms with Crippen LogP contribution >= 0.6 is 0 Å². The van der Waals surface area contributed by atoms with E-state index in [0.29, 0.717) is 5.95 Å². The highest BCUT2D eigenvalue weighted by molar-refractivity contribution is 5.90. The molecule has 2 heterocycles. The molecule has 96 valence electrons. The lowest BCUT2D eigenvalue weighted by molar-refractivity contribution is 1.07. The maximum atomic E-state index is 4.59. The highest BCUT2D eigenvalue weighted by Gasteiger charge is 2.11. The van der Waals surface area contributed by atoms with Gasteiger partial charge in [0, 0.05) is 12.1 Å². The van der Waals surface area contributed by atoms with Crippen LogP contribution < -0.4 is 5.32 Å². The van der Waals surface area contributed by atoms with Crippen LogP contribution in [0.3, 0.4) is 0 Å². The van der Waals surface area contributed by atoms with Gasteiger partial charge in [0.2, 0.25) is 5.95 Å². The zero-order valence-electron chi connectivity index (χ0n) is 10.9. The Bertz CT molecular complexity index is 717. The fraction of sp³-hybridized carbons (Fsp3) is 0.214. The summed E-state index contributed by atoms with van der Waals surface area (Å²) < 4.78 is 0. The summed E-state index contributed by atoms with van der Waals surface area (Å²) in [5.74, 6) is 0.621. The molecule has 0 unspecified atom stereocenters. The highest BCUT2D eigenvalue weighted by Crippen LogP contribution is 2.26. The Morgan fingerprint density at radius 1 is 1.26 bits per heavy atom. The molecule has 5 heteroatoms. The van der Waals surface area contributed by atoms with E-state index < -0.39 is 0 Å². The zero-order valence-corrected chi connectivity index (χ0v) is 10.9. The first-order valence-corrected chi connectivity index (χ1v) is 6.30. The fourth-order valence-electron chi connectivity index (χ4n) is 2.08. The molecule has 0 saturated heterocycles. The Balaban J connectivity index is 2.23. The van der Waals surface area contributed by atoms with Crippen molar-refractivity contribution in [1.82, 2.24) is 20.2 Å². The molecule has 0 aliphatic heterocycles. The van der Waals surface area contributed by atoms with E-state index in [-0.39, 0.29) is 0 Å². The van der Waals surface area contributed by atoms with E-state index in [2.05, 4.69) is 50.6 Å². The maximum absolute atomic E-state index is 4.59. The van der Waals surface area contributed by atoms with Crippen LogP contribution in [0.4, 0.5) is 5.95 Å². The molecule has 0 aliphatic carbocycles. The van der Waals surface area contributed by atoms with Gasteiger partial charge in [0.05, 0.1) is 17.3 Å². The number of nitrogens with one attached hydrogen (secondary N) is 2. The van der Waals surface area contributed by atoms with Crippen LogP contribution in [-0.4, -0.2) is 26.7 Å². The van der Waals surface area contributed by atoms with Gasteiger partial charge >= 0.3 is 0 Å². The van der Waals surface area contributed by atoms with Gasteiger partial charge in [0.15, 0.2) is 5.65 Å². The number of nitrogens with zero attached hydrogens (tertiary/aromatic N) is 3. The quantitative estimate of drug-likeness (QED) is 0.753. The third kappa shape index (κ3) is 2.14. The molecule has 0 radical (unpaired) electrons. The van der Waals surface area contributed by atoms with Crippen molar-refractivity contribution in [3.63, 3.8) is 0 Å². The summed E-state index contributed by atoms with van der Waals surface area (Å²) in [7, 11) is 0. The molecule has 2 N–H and O–H groups in total. The summed E-state index contributed by atoms with van der Waals surface area (Å²) in [6.45, 7) is 4.88. The molecule has 3 aromatic rings. The molecule has 19 heavy (non-hydrogen) atoms. The highest BCUT2D eigenvalue weighted by atomic mass is 15.2. The number of aromatic nitrogens is 4. The SMILES string of the molecule is CCNc1nc(-c2cccc(C)c2)c2cn[nH]c2n1. The van der Waals surface area contributed by atoms with Gasteiger partial charge in [-0.1, -0.05) is 23.8 Å². The van der Waals surface area contributed by atoms with Gasteiger partial charge in [0.25, 0.3) is 0 Å². The Morgan fingerprint density at radius 2 is 2.16 bits per heavy atom. The lowest BCUT2D eigenvalue weighted by Crippen LogP contribution is -2.03. The Morgan fingerprint density at radius 3 is 2.95 bits per heavy atom. The Kier molecular flexibility index (Phi) is 2.87. The lowest BCUT2D eigenvalue weighted by Gasteiger charge is -2.07. The van der Waals surface area contributed by atoms with Crippen LogP contribution in [0, 0.1) is 6.92 Å². The number of aryl methyl sites for hydroxylation is 1. The minimum Gasteiger partial charge on any atom is -0.354 e. The van der Waals surface area contributed by atoms with Crippen molar-refractivity contribution in [2.24, 2.45) is 0 Å². The molecule has 0 amide bonds. The van der Waals surface area contributed by atoms with Crippen LogP contribution in [0.1, 0.15) is 12.5 Å². The monoisotopic (exact) mass is 253 g/mol. The van der Waals surface area contributed by atoms with Gasteiger partial charge < -0.3 is 5.32 Å². The van der Waals surface area contributed by atoms with Crippen LogP contribution in [-0.2, 0) is 0 Å². The van der Waals surface area contributed by atoms with Crippen LogP contribution in [0.5, 0.6) is 0 Å². The van der Waals surface area contributed by atoms with E-state index >= 15 is 0 Å². The number of rotatable bonds is 3. The van der Waals surface area contributed by atoms with Crippen molar-refractivity contribution in [2.75, 3.05) is 11.9 Å².